The lowest BCUT2D eigenvalue weighted by Gasteiger charge is -2.36. The molecule has 106 valence electrons. The van der Waals surface area contributed by atoms with Crippen LogP contribution in [0.15, 0.2) is 18.2 Å². The lowest BCUT2D eigenvalue weighted by Crippen LogP contribution is -2.41. The molecule has 2 rings (SSSR count). The molecule has 1 aromatic carbocycles. The molecule has 0 amide bonds. The summed E-state index contributed by atoms with van der Waals surface area (Å²) in [4.78, 5) is 2.66. The zero-order valence-electron chi connectivity index (χ0n) is 12.8. The summed E-state index contributed by atoms with van der Waals surface area (Å²) in [6.45, 7) is 9.73. The second kappa shape index (κ2) is 6.06. The minimum absolute atomic E-state index is 0.378. The molecule has 0 aromatic heterocycles. The van der Waals surface area contributed by atoms with Crippen LogP contribution in [0.25, 0.3) is 0 Å². The Morgan fingerprint density at radius 3 is 2.63 bits per heavy atom. The van der Waals surface area contributed by atoms with Gasteiger partial charge in [0.05, 0.1) is 0 Å². The van der Waals surface area contributed by atoms with Crippen LogP contribution in [0.4, 0.5) is 0 Å². The van der Waals surface area contributed by atoms with Crippen molar-refractivity contribution in [3.63, 3.8) is 0 Å². The second-order valence-corrected chi connectivity index (χ2v) is 6.05. The van der Waals surface area contributed by atoms with Crippen molar-refractivity contribution in [1.29, 1.82) is 0 Å². The number of benzene rings is 1. The Labute approximate surface area is 118 Å². The largest absolute Gasteiger partial charge is 0.329 e. The fourth-order valence-electron chi connectivity index (χ4n) is 3.68. The summed E-state index contributed by atoms with van der Waals surface area (Å²) in [7, 11) is 0. The Morgan fingerprint density at radius 2 is 2.05 bits per heavy atom. The van der Waals surface area contributed by atoms with Crippen LogP contribution in [0.5, 0.6) is 0 Å². The van der Waals surface area contributed by atoms with Gasteiger partial charge in [-0.05, 0) is 51.2 Å². The van der Waals surface area contributed by atoms with Crippen molar-refractivity contribution in [1.82, 2.24) is 4.90 Å². The first kappa shape index (κ1) is 14.5. The third-order valence-corrected chi connectivity index (χ3v) is 4.69. The fourth-order valence-corrected chi connectivity index (χ4v) is 3.68. The lowest BCUT2D eigenvalue weighted by atomic mass is 9.96. The monoisotopic (exact) mass is 260 g/mol. The van der Waals surface area contributed by atoms with E-state index in [1.54, 1.807) is 0 Å². The molecule has 1 heterocycles. The van der Waals surface area contributed by atoms with E-state index in [9.17, 15) is 0 Å². The number of rotatable bonds is 4. The van der Waals surface area contributed by atoms with Gasteiger partial charge < -0.3 is 5.73 Å². The Kier molecular flexibility index (Phi) is 4.64. The van der Waals surface area contributed by atoms with Gasteiger partial charge >= 0.3 is 0 Å². The second-order valence-electron chi connectivity index (χ2n) is 6.05. The molecule has 0 bridgehead atoms. The first-order valence-corrected chi connectivity index (χ1v) is 7.63. The SMILES string of the molecule is CCC1CCC(C)N1C(CN)c1ccc(C)cc1C. The van der Waals surface area contributed by atoms with Crippen LogP contribution >= 0.6 is 0 Å². The molecule has 0 saturated carbocycles. The molecule has 2 N–H and O–H groups in total. The third kappa shape index (κ3) is 2.85. The van der Waals surface area contributed by atoms with Crippen molar-refractivity contribution in [3.05, 3.63) is 34.9 Å². The Balaban J connectivity index is 2.33. The predicted molar refractivity (Wildman–Crippen MR) is 82.3 cm³/mol. The Morgan fingerprint density at radius 1 is 1.32 bits per heavy atom. The van der Waals surface area contributed by atoms with Crippen LogP contribution in [0.2, 0.25) is 0 Å². The summed E-state index contributed by atoms with van der Waals surface area (Å²) >= 11 is 0. The normalized spacial score (nSPS) is 25.7. The van der Waals surface area contributed by atoms with Crippen LogP contribution in [0, 0.1) is 13.8 Å². The van der Waals surface area contributed by atoms with E-state index in [0.29, 0.717) is 24.7 Å². The van der Waals surface area contributed by atoms with E-state index < -0.39 is 0 Å². The molecule has 1 aliphatic rings. The molecule has 2 heteroatoms. The van der Waals surface area contributed by atoms with Crippen LogP contribution in [0.1, 0.15) is 55.8 Å². The van der Waals surface area contributed by atoms with Gasteiger partial charge in [0.2, 0.25) is 0 Å². The molecule has 19 heavy (non-hydrogen) atoms. The van der Waals surface area contributed by atoms with E-state index in [0.717, 1.165) is 0 Å². The molecule has 1 saturated heterocycles. The van der Waals surface area contributed by atoms with Gasteiger partial charge in [-0.15, -0.1) is 0 Å². The average molecular weight is 260 g/mol. The van der Waals surface area contributed by atoms with Gasteiger partial charge in [0, 0.05) is 24.7 Å². The smallest absolute Gasteiger partial charge is 0.0478 e. The molecule has 0 radical (unpaired) electrons. The Bertz CT molecular complexity index is 427. The molecule has 2 nitrogen and oxygen atoms in total. The summed E-state index contributed by atoms with van der Waals surface area (Å²) in [5.41, 5.74) is 10.3. The number of nitrogens with two attached hydrogens (primary N) is 1. The summed E-state index contributed by atoms with van der Waals surface area (Å²) in [6, 6.07) is 8.50. The van der Waals surface area contributed by atoms with E-state index in [1.807, 2.05) is 0 Å². The van der Waals surface area contributed by atoms with Crippen LogP contribution in [-0.2, 0) is 0 Å². The highest BCUT2D eigenvalue weighted by Gasteiger charge is 2.35. The van der Waals surface area contributed by atoms with Crippen molar-refractivity contribution in [2.75, 3.05) is 6.54 Å². The molecule has 1 fully saturated rings. The number of nitrogens with zero attached hydrogens (tertiary/aromatic N) is 1. The van der Waals surface area contributed by atoms with Crippen LogP contribution < -0.4 is 5.73 Å². The maximum absolute atomic E-state index is 6.13. The number of aryl methyl sites for hydroxylation is 2. The quantitative estimate of drug-likeness (QED) is 0.897. The van der Waals surface area contributed by atoms with Gasteiger partial charge in [0.15, 0.2) is 0 Å². The Hall–Kier alpha value is -0.860. The molecule has 1 aliphatic heterocycles. The lowest BCUT2D eigenvalue weighted by molar-refractivity contribution is 0.136. The van der Waals surface area contributed by atoms with Crippen molar-refractivity contribution < 1.29 is 0 Å². The fraction of sp³-hybridized carbons (Fsp3) is 0.647. The van der Waals surface area contributed by atoms with E-state index >= 15 is 0 Å². The van der Waals surface area contributed by atoms with Crippen molar-refractivity contribution in [2.45, 2.75) is 65.1 Å². The van der Waals surface area contributed by atoms with Crippen molar-refractivity contribution in [2.24, 2.45) is 5.73 Å². The highest BCUT2D eigenvalue weighted by atomic mass is 15.2. The molecule has 3 unspecified atom stereocenters. The maximum Gasteiger partial charge on any atom is 0.0478 e. The van der Waals surface area contributed by atoms with E-state index in [1.165, 1.54) is 36.0 Å². The number of likely N-dealkylation sites (tertiary alicyclic amines) is 1. The van der Waals surface area contributed by atoms with Gasteiger partial charge in [-0.2, -0.15) is 0 Å². The van der Waals surface area contributed by atoms with E-state index in [2.05, 4.69) is 50.8 Å². The molecule has 3 atom stereocenters. The molecular weight excluding hydrogens is 232 g/mol. The molecular formula is C17H28N2. The number of hydrogen-bond acceptors (Lipinski definition) is 2. The van der Waals surface area contributed by atoms with Gasteiger partial charge in [-0.25, -0.2) is 0 Å². The summed E-state index contributed by atoms with van der Waals surface area (Å²) < 4.78 is 0. The maximum atomic E-state index is 6.13. The predicted octanol–water partition coefficient (Wildman–Crippen LogP) is 3.57. The van der Waals surface area contributed by atoms with Gasteiger partial charge in [-0.3, -0.25) is 4.90 Å². The van der Waals surface area contributed by atoms with Gasteiger partial charge in [-0.1, -0.05) is 30.7 Å². The van der Waals surface area contributed by atoms with Gasteiger partial charge in [0.25, 0.3) is 0 Å². The standard InChI is InChI=1S/C17H28N2/c1-5-15-8-7-14(4)19(15)17(11-18)16-9-6-12(2)10-13(16)3/h6,9-10,14-15,17H,5,7-8,11,18H2,1-4H3. The summed E-state index contributed by atoms with van der Waals surface area (Å²) in [6.07, 6.45) is 3.85. The third-order valence-electron chi connectivity index (χ3n) is 4.69. The number of hydrogen-bond donors (Lipinski definition) is 1. The highest BCUT2D eigenvalue weighted by Crippen LogP contribution is 2.35. The summed E-state index contributed by atoms with van der Waals surface area (Å²) in [5, 5.41) is 0. The highest BCUT2D eigenvalue weighted by molar-refractivity contribution is 5.33. The zero-order chi connectivity index (χ0) is 14.0. The van der Waals surface area contributed by atoms with Crippen molar-refractivity contribution >= 4 is 0 Å². The molecule has 0 spiro atoms. The first-order valence-electron chi connectivity index (χ1n) is 7.63. The van der Waals surface area contributed by atoms with Crippen molar-refractivity contribution in [3.8, 4) is 0 Å². The van der Waals surface area contributed by atoms with Gasteiger partial charge in [0.1, 0.15) is 0 Å². The minimum Gasteiger partial charge on any atom is -0.329 e. The minimum atomic E-state index is 0.378. The van der Waals surface area contributed by atoms with Crippen LogP contribution in [-0.4, -0.2) is 23.5 Å². The summed E-state index contributed by atoms with van der Waals surface area (Å²) in [5.74, 6) is 0. The molecule has 0 aliphatic carbocycles. The first-order chi connectivity index (χ1) is 9.08. The zero-order valence-corrected chi connectivity index (χ0v) is 12.8. The average Bonchev–Trinajstić information content (AvgIpc) is 2.74. The van der Waals surface area contributed by atoms with E-state index in [4.69, 9.17) is 5.73 Å². The topological polar surface area (TPSA) is 29.3 Å². The molecule has 1 aromatic rings. The van der Waals surface area contributed by atoms with Crippen LogP contribution in [0.3, 0.4) is 0 Å². The van der Waals surface area contributed by atoms with E-state index in [-0.39, 0.29) is 0 Å².